The van der Waals surface area contributed by atoms with Gasteiger partial charge in [-0.1, -0.05) is 30.0 Å². The molecule has 0 saturated heterocycles. The van der Waals surface area contributed by atoms with E-state index in [0.717, 1.165) is 24.3 Å². The highest BCUT2D eigenvalue weighted by Crippen LogP contribution is 2.11. The molecule has 0 fully saturated rings. The van der Waals surface area contributed by atoms with Gasteiger partial charge in [-0.2, -0.15) is 0 Å². The van der Waals surface area contributed by atoms with Crippen molar-refractivity contribution in [2.75, 3.05) is 26.5 Å². The van der Waals surface area contributed by atoms with E-state index in [-0.39, 0.29) is 5.24 Å². The van der Waals surface area contributed by atoms with Gasteiger partial charge in [0.05, 0.1) is 6.61 Å². The lowest BCUT2D eigenvalue weighted by atomic mass is 10.3. The average molecular weight is 314 g/mol. The topological polar surface area (TPSA) is 92.9 Å². The third-order valence-corrected chi connectivity index (χ3v) is 3.25. The summed E-state index contributed by atoms with van der Waals surface area (Å²) < 4.78 is 5.56. The number of nitrogens with zero attached hydrogens (tertiary/aromatic N) is 1. The van der Waals surface area contributed by atoms with Crippen LogP contribution in [0.5, 0.6) is 5.75 Å². The van der Waals surface area contributed by atoms with Gasteiger partial charge < -0.3 is 20.5 Å². The number of hydrogen-bond donors (Lipinski definition) is 2. The van der Waals surface area contributed by atoms with Gasteiger partial charge in [0.1, 0.15) is 5.75 Å². The summed E-state index contributed by atoms with van der Waals surface area (Å²) >= 11 is 1.36. The Balaban J connectivity index is 0.000000885. The van der Waals surface area contributed by atoms with Crippen LogP contribution in [-0.4, -0.2) is 47.8 Å². The van der Waals surface area contributed by atoms with Gasteiger partial charge in [-0.15, -0.1) is 0 Å². The van der Waals surface area contributed by atoms with E-state index in [1.165, 1.54) is 11.8 Å². The van der Waals surface area contributed by atoms with Crippen LogP contribution in [0.4, 0.5) is 9.59 Å². The monoisotopic (exact) mass is 314 g/mol. The zero-order valence-electron chi connectivity index (χ0n) is 12.3. The van der Waals surface area contributed by atoms with E-state index in [0.29, 0.717) is 6.61 Å². The summed E-state index contributed by atoms with van der Waals surface area (Å²) in [5.41, 5.74) is 4.03. The Morgan fingerprint density at radius 2 is 1.81 bits per heavy atom. The number of carbonyl (C=O) groups is 2. The van der Waals surface area contributed by atoms with Crippen molar-refractivity contribution in [3.05, 3.63) is 30.3 Å². The first kappa shape index (κ1) is 19.1. The van der Waals surface area contributed by atoms with Crippen molar-refractivity contribution in [3.8, 4) is 5.75 Å². The minimum absolute atomic E-state index is 0.119. The van der Waals surface area contributed by atoms with Crippen molar-refractivity contribution in [1.82, 2.24) is 4.90 Å². The number of carbonyl (C=O) groups excluding carboxylic acids is 1. The molecular formula is C14H22N2O4S. The molecule has 0 atom stereocenters. The third-order valence-electron chi connectivity index (χ3n) is 2.14. The number of carboxylic acid groups (broad SMARTS) is 1. The lowest BCUT2D eigenvalue weighted by Crippen LogP contribution is -2.16. The number of benzene rings is 1. The van der Waals surface area contributed by atoms with Crippen molar-refractivity contribution in [2.45, 2.75) is 12.8 Å². The van der Waals surface area contributed by atoms with Crippen LogP contribution in [0, 0.1) is 0 Å². The Hall–Kier alpha value is -1.89. The van der Waals surface area contributed by atoms with E-state index in [1.807, 2.05) is 30.3 Å². The van der Waals surface area contributed by atoms with Crippen LogP contribution in [-0.2, 0) is 0 Å². The Morgan fingerprint density at radius 1 is 1.24 bits per heavy atom. The predicted octanol–water partition coefficient (Wildman–Crippen LogP) is 2.88. The molecule has 0 unspecified atom stereocenters. The van der Waals surface area contributed by atoms with Gasteiger partial charge in [-0.25, -0.2) is 4.79 Å². The molecule has 1 aromatic carbocycles. The van der Waals surface area contributed by atoms with E-state index in [4.69, 9.17) is 14.6 Å². The highest BCUT2D eigenvalue weighted by Gasteiger charge is 2.03. The average Bonchev–Trinajstić information content (AvgIpc) is 2.42. The van der Waals surface area contributed by atoms with E-state index in [9.17, 15) is 4.79 Å². The fourth-order valence-corrected chi connectivity index (χ4v) is 1.98. The molecular weight excluding hydrogens is 292 g/mol. The molecule has 0 spiro atoms. The Labute approximate surface area is 129 Å². The van der Waals surface area contributed by atoms with Crippen molar-refractivity contribution in [2.24, 2.45) is 5.73 Å². The molecule has 0 aliphatic carbocycles. The summed E-state index contributed by atoms with van der Waals surface area (Å²) in [6.45, 7) is 0.709. The van der Waals surface area contributed by atoms with Crippen LogP contribution in [0.2, 0.25) is 0 Å². The van der Waals surface area contributed by atoms with Gasteiger partial charge in [-0.3, -0.25) is 4.79 Å². The molecule has 1 rings (SSSR count). The van der Waals surface area contributed by atoms with Crippen molar-refractivity contribution in [1.29, 1.82) is 0 Å². The normalized spacial score (nSPS) is 9.24. The van der Waals surface area contributed by atoms with Crippen molar-refractivity contribution >= 4 is 23.1 Å². The highest BCUT2D eigenvalue weighted by molar-refractivity contribution is 8.13. The molecule has 0 aliphatic rings. The quantitative estimate of drug-likeness (QED) is 0.788. The second-order valence-corrected chi connectivity index (χ2v) is 5.26. The number of para-hydroxylation sites is 1. The van der Waals surface area contributed by atoms with Crippen LogP contribution in [0.3, 0.4) is 0 Å². The number of amides is 2. The molecule has 3 N–H and O–H groups in total. The molecule has 0 saturated carbocycles. The number of primary amides is 1. The van der Waals surface area contributed by atoms with E-state index >= 15 is 0 Å². The lowest BCUT2D eigenvalue weighted by Gasteiger charge is -2.09. The number of unbranched alkanes of at least 4 members (excludes halogenated alkanes) is 1. The largest absolute Gasteiger partial charge is 0.494 e. The van der Waals surface area contributed by atoms with Gasteiger partial charge in [-0.05, 0) is 25.0 Å². The van der Waals surface area contributed by atoms with E-state index in [2.05, 4.69) is 5.73 Å². The maximum atomic E-state index is 11.3. The minimum Gasteiger partial charge on any atom is -0.494 e. The molecule has 1 aromatic rings. The van der Waals surface area contributed by atoms with Crippen LogP contribution >= 0.6 is 11.8 Å². The Kier molecular flexibility index (Phi) is 10.8. The molecule has 0 bridgehead atoms. The van der Waals surface area contributed by atoms with Crippen LogP contribution in [0.1, 0.15) is 12.8 Å². The maximum Gasteiger partial charge on any atom is 0.402 e. The summed E-state index contributed by atoms with van der Waals surface area (Å²) in [5.74, 6) is 1.76. The predicted molar refractivity (Wildman–Crippen MR) is 84.9 cm³/mol. The lowest BCUT2D eigenvalue weighted by molar-refractivity contribution is 0.205. The molecule has 0 aromatic heterocycles. The molecule has 21 heavy (non-hydrogen) atoms. The third kappa shape index (κ3) is 12.9. The van der Waals surface area contributed by atoms with Crippen LogP contribution < -0.4 is 10.5 Å². The van der Waals surface area contributed by atoms with Gasteiger partial charge >= 0.3 is 6.09 Å². The first-order valence-electron chi connectivity index (χ1n) is 6.43. The van der Waals surface area contributed by atoms with Crippen molar-refractivity contribution in [3.63, 3.8) is 0 Å². The number of hydrogen-bond acceptors (Lipinski definition) is 4. The van der Waals surface area contributed by atoms with Gasteiger partial charge in [0.2, 0.25) is 0 Å². The number of thioether (sulfide) groups is 1. The van der Waals surface area contributed by atoms with Crippen LogP contribution in [0.15, 0.2) is 30.3 Å². The molecule has 0 heterocycles. The van der Waals surface area contributed by atoms with Gasteiger partial charge in [0, 0.05) is 19.8 Å². The van der Waals surface area contributed by atoms with Crippen LogP contribution in [0.25, 0.3) is 0 Å². The summed E-state index contributed by atoms with van der Waals surface area (Å²) in [5, 5.41) is 7.31. The Bertz CT molecular complexity index is 409. The molecule has 0 aliphatic heterocycles. The zero-order valence-corrected chi connectivity index (χ0v) is 13.1. The molecule has 2 amide bonds. The zero-order chi connectivity index (χ0) is 16.1. The van der Waals surface area contributed by atoms with E-state index in [1.54, 1.807) is 19.0 Å². The number of nitrogens with two attached hydrogens (primary N) is 1. The standard InChI is InChI=1S/C13H19NO2S.CH3NO2/c1-14(2)13(15)17-11-7-6-10-16-12-8-4-3-5-9-12;2-1(3)4/h3-5,8-9H,6-7,10-11H2,1-2H3;2H2,(H,3,4). The molecule has 118 valence electrons. The SMILES string of the molecule is CN(C)C(=O)SCCCCOc1ccccc1.NC(=O)O. The summed E-state index contributed by atoms with van der Waals surface area (Å²) in [6, 6.07) is 9.78. The van der Waals surface area contributed by atoms with Crippen molar-refractivity contribution < 1.29 is 19.4 Å². The first-order valence-corrected chi connectivity index (χ1v) is 7.42. The highest BCUT2D eigenvalue weighted by atomic mass is 32.2. The fraction of sp³-hybridized carbons (Fsp3) is 0.429. The summed E-state index contributed by atoms with van der Waals surface area (Å²) in [4.78, 5) is 21.6. The minimum atomic E-state index is -1.33. The first-order chi connectivity index (χ1) is 9.93. The molecule has 6 nitrogen and oxygen atoms in total. The number of rotatable bonds is 6. The maximum absolute atomic E-state index is 11.3. The summed E-state index contributed by atoms with van der Waals surface area (Å²) in [6.07, 6.45) is 0.639. The smallest absolute Gasteiger partial charge is 0.402 e. The second kappa shape index (κ2) is 11.9. The Morgan fingerprint density at radius 3 is 2.33 bits per heavy atom. The summed E-state index contributed by atoms with van der Waals surface area (Å²) in [7, 11) is 3.54. The fourth-order valence-electron chi connectivity index (χ4n) is 1.20. The van der Waals surface area contributed by atoms with Gasteiger partial charge in [0.25, 0.3) is 5.24 Å². The number of ether oxygens (including phenoxy) is 1. The van der Waals surface area contributed by atoms with E-state index < -0.39 is 6.09 Å². The molecule has 0 radical (unpaired) electrons. The second-order valence-electron chi connectivity index (χ2n) is 4.22. The van der Waals surface area contributed by atoms with Gasteiger partial charge in [0.15, 0.2) is 0 Å². The molecule has 7 heteroatoms.